The first kappa shape index (κ1) is 17.0. The van der Waals surface area contributed by atoms with E-state index < -0.39 is 5.97 Å². The van der Waals surface area contributed by atoms with Gasteiger partial charge < -0.3 is 10.0 Å². The minimum absolute atomic E-state index is 0.0839. The van der Waals surface area contributed by atoms with Gasteiger partial charge in [-0.15, -0.1) is 0 Å². The average molecular weight is 335 g/mol. The van der Waals surface area contributed by atoms with Crippen LogP contribution in [0.2, 0.25) is 0 Å². The summed E-state index contributed by atoms with van der Waals surface area (Å²) in [6.07, 6.45) is 2.76. The average Bonchev–Trinajstić information content (AvgIpc) is 2.98. The first-order valence-electron chi connectivity index (χ1n) is 8.34. The second kappa shape index (κ2) is 6.93. The number of carbonyl (C=O) groups is 2. The van der Waals surface area contributed by atoms with Gasteiger partial charge in [0, 0.05) is 25.2 Å². The summed E-state index contributed by atoms with van der Waals surface area (Å²) in [7, 11) is 0. The van der Waals surface area contributed by atoms with E-state index in [0.717, 1.165) is 40.9 Å². The Balaban J connectivity index is 1.79. The number of hydrogen-bond donors (Lipinski definition) is 1. The molecule has 0 spiro atoms. The number of nitrogens with zero attached hydrogens (tertiary/aromatic N) is 1. The number of rotatable bonds is 4. The molecule has 1 heterocycles. The van der Waals surface area contributed by atoms with Crippen molar-refractivity contribution in [3.8, 4) is 11.1 Å². The minimum Gasteiger partial charge on any atom is -0.478 e. The fraction of sp³-hybridized carbons (Fsp3) is 0.238. The summed E-state index contributed by atoms with van der Waals surface area (Å²) in [5, 5.41) is 8.78. The van der Waals surface area contributed by atoms with Gasteiger partial charge in [0.05, 0.1) is 0 Å². The molecular formula is C21H21NO3. The van der Waals surface area contributed by atoms with E-state index >= 15 is 0 Å². The number of aliphatic carboxylic acids is 1. The van der Waals surface area contributed by atoms with Crippen LogP contribution in [0.1, 0.15) is 25.0 Å². The van der Waals surface area contributed by atoms with Crippen LogP contribution in [0, 0.1) is 0 Å². The molecule has 128 valence electrons. The quantitative estimate of drug-likeness (QED) is 0.864. The SMILES string of the molecule is CC(=O)N1CCc2cc(-c3ccc(C/C(C)=C/C(=O)O)cc3)ccc21. The number of carboxylic acid groups (broad SMARTS) is 1. The lowest BCUT2D eigenvalue weighted by molar-refractivity contribution is -0.131. The third-order valence-corrected chi connectivity index (χ3v) is 4.50. The number of fused-ring (bicyclic) bond motifs is 1. The van der Waals surface area contributed by atoms with Gasteiger partial charge in [-0.25, -0.2) is 4.79 Å². The molecular weight excluding hydrogens is 314 g/mol. The number of hydrogen-bond acceptors (Lipinski definition) is 2. The van der Waals surface area contributed by atoms with Crippen molar-refractivity contribution < 1.29 is 14.7 Å². The van der Waals surface area contributed by atoms with Gasteiger partial charge in [0.1, 0.15) is 0 Å². The van der Waals surface area contributed by atoms with Crippen LogP contribution in [-0.2, 0) is 22.4 Å². The summed E-state index contributed by atoms with van der Waals surface area (Å²) < 4.78 is 0. The number of carboxylic acids is 1. The van der Waals surface area contributed by atoms with Gasteiger partial charge in [0.25, 0.3) is 0 Å². The van der Waals surface area contributed by atoms with Crippen molar-refractivity contribution in [2.75, 3.05) is 11.4 Å². The third kappa shape index (κ3) is 3.79. The summed E-state index contributed by atoms with van der Waals surface area (Å²) in [4.78, 5) is 24.2. The Bertz CT molecular complexity index is 850. The monoisotopic (exact) mass is 335 g/mol. The fourth-order valence-corrected chi connectivity index (χ4v) is 3.31. The van der Waals surface area contributed by atoms with Crippen LogP contribution in [-0.4, -0.2) is 23.5 Å². The highest BCUT2D eigenvalue weighted by atomic mass is 16.4. The molecule has 1 aliphatic rings. The molecule has 0 atom stereocenters. The molecule has 0 bridgehead atoms. The molecule has 25 heavy (non-hydrogen) atoms. The molecule has 1 amide bonds. The highest BCUT2D eigenvalue weighted by molar-refractivity contribution is 5.94. The maximum atomic E-state index is 11.6. The smallest absolute Gasteiger partial charge is 0.328 e. The van der Waals surface area contributed by atoms with Gasteiger partial charge in [-0.2, -0.15) is 0 Å². The molecule has 0 fully saturated rings. The van der Waals surface area contributed by atoms with E-state index in [1.54, 1.807) is 6.92 Å². The van der Waals surface area contributed by atoms with E-state index in [4.69, 9.17) is 5.11 Å². The minimum atomic E-state index is -0.910. The van der Waals surface area contributed by atoms with E-state index in [2.05, 4.69) is 18.2 Å². The second-order valence-electron chi connectivity index (χ2n) is 6.47. The number of amides is 1. The Morgan fingerprint density at radius 3 is 2.40 bits per heavy atom. The molecule has 0 saturated heterocycles. The zero-order chi connectivity index (χ0) is 18.0. The van der Waals surface area contributed by atoms with Crippen molar-refractivity contribution >= 4 is 17.6 Å². The maximum absolute atomic E-state index is 11.6. The summed E-state index contributed by atoms with van der Waals surface area (Å²) in [6.45, 7) is 4.17. The second-order valence-corrected chi connectivity index (χ2v) is 6.47. The van der Waals surface area contributed by atoms with Crippen LogP contribution in [0.3, 0.4) is 0 Å². The summed E-state index contributed by atoms with van der Waals surface area (Å²) in [6, 6.07) is 14.4. The Kier molecular flexibility index (Phi) is 4.70. The van der Waals surface area contributed by atoms with E-state index in [0.29, 0.717) is 6.42 Å². The highest BCUT2D eigenvalue weighted by Gasteiger charge is 2.22. The normalized spacial score (nSPS) is 13.7. The van der Waals surface area contributed by atoms with Crippen molar-refractivity contribution in [1.29, 1.82) is 0 Å². The lowest BCUT2D eigenvalue weighted by Crippen LogP contribution is -2.25. The number of anilines is 1. The molecule has 2 aromatic carbocycles. The first-order valence-corrected chi connectivity index (χ1v) is 8.34. The molecule has 1 aliphatic heterocycles. The Morgan fingerprint density at radius 2 is 1.76 bits per heavy atom. The summed E-state index contributed by atoms with van der Waals surface area (Å²) in [5.41, 5.74) is 6.38. The van der Waals surface area contributed by atoms with Gasteiger partial charge >= 0.3 is 5.97 Å². The van der Waals surface area contributed by atoms with Crippen LogP contribution < -0.4 is 4.90 Å². The van der Waals surface area contributed by atoms with Crippen molar-refractivity contribution in [3.05, 3.63) is 65.2 Å². The predicted molar refractivity (Wildman–Crippen MR) is 98.7 cm³/mol. The Morgan fingerprint density at radius 1 is 1.08 bits per heavy atom. The van der Waals surface area contributed by atoms with Crippen LogP contribution in [0.15, 0.2) is 54.1 Å². The molecule has 4 nitrogen and oxygen atoms in total. The molecule has 4 heteroatoms. The molecule has 0 aliphatic carbocycles. The molecule has 0 unspecified atom stereocenters. The predicted octanol–water partition coefficient (Wildman–Crippen LogP) is 3.84. The Labute approximate surface area is 147 Å². The van der Waals surface area contributed by atoms with Crippen molar-refractivity contribution in [2.24, 2.45) is 0 Å². The van der Waals surface area contributed by atoms with Gasteiger partial charge in [-0.1, -0.05) is 35.9 Å². The van der Waals surface area contributed by atoms with Gasteiger partial charge in [-0.3, -0.25) is 4.79 Å². The topological polar surface area (TPSA) is 57.6 Å². The molecule has 3 rings (SSSR count). The van der Waals surface area contributed by atoms with Crippen LogP contribution in [0.25, 0.3) is 11.1 Å². The lowest BCUT2D eigenvalue weighted by Gasteiger charge is -2.15. The van der Waals surface area contributed by atoms with E-state index in [1.165, 1.54) is 11.6 Å². The van der Waals surface area contributed by atoms with E-state index in [1.807, 2.05) is 36.1 Å². The van der Waals surface area contributed by atoms with Crippen molar-refractivity contribution in [2.45, 2.75) is 26.7 Å². The van der Waals surface area contributed by atoms with Crippen LogP contribution >= 0.6 is 0 Å². The van der Waals surface area contributed by atoms with Gasteiger partial charge in [-0.05, 0) is 54.2 Å². The first-order chi connectivity index (χ1) is 11.9. The van der Waals surface area contributed by atoms with Crippen molar-refractivity contribution in [3.63, 3.8) is 0 Å². The molecule has 2 aromatic rings. The number of benzene rings is 2. The zero-order valence-electron chi connectivity index (χ0n) is 14.5. The lowest BCUT2D eigenvalue weighted by atomic mass is 9.99. The molecule has 0 aromatic heterocycles. The van der Waals surface area contributed by atoms with E-state index in [-0.39, 0.29) is 5.91 Å². The van der Waals surface area contributed by atoms with Crippen molar-refractivity contribution in [1.82, 2.24) is 0 Å². The third-order valence-electron chi connectivity index (χ3n) is 4.50. The van der Waals surface area contributed by atoms with Gasteiger partial charge in [0.2, 0.25) is 5.91 Å². The summed E-state index contributed by atoms with van der Waals surface area (Å²) in [5.74, 6) is -0.826. The molecule has 1 N–H and O–H groups in total. The number of allylic oxidation sites excluding steroid dienone is 1. The van der Waals surface area contributed by atoms with Crippen LogP contribution in [0.4, 0.5) is 5.69 Å². The Hall–Kier alpha value is -2.88. The largest absolute Gasteiger partial charge is 0.478 e. The standard InChI is InChI=1S/C21H21NO3/c1-14(12-21(24)25)11-16-3-5-17(6-4-16)18-7-8-20-19(13-18)9-10-22(20)15(2)23/h3-8,12-13H,9-11H2,1-2H3,(H,24,25)/b14-12+. The fourth-order valence-electron chi connectivity index (χ4n) is 3.31. The summed E-state index contributed by atoms with van der Waals surface area (Å²) >= 11 is 0. The molecule has 0 saturated carbocycles. The zero-order valence-corrected chi connectivity index (χ0v) is 14.5. The van der Waals surface area contributed by atoms with Crippen LogP contribution in [0.5, 0.6) is 0 Å². The van der Waals surface area contributed by atoms with E-state index in [9.17, 15) is 9.59 Å². The maximum Gasteiger partial charge on any atom is 0.328 e. The molecule has 0 radical (unpaired) electrons. The highest BCUT2D eigenvalue weighted by Crippen LogP contribution is 2.32. The number of carbonyl (C=O) groups excluding carboxylic acids is 1. The van der Waals surface area contributed by atoms with Gasteiger partial charge in [0.15, 0.2) is 0 Å².